The zero-order valence-corrected chi connectivity index (χ0v) is 9.53. The van der Waals surface area contributed by atoms with E-state index in [4.69, 9.17) is 5.26 Å². The van der Waals surface area contributed by atoms with Gasteiger partial charge in [0.2, 0.25) is 0 Å². The van der Waals surface area contributed by atoms with Gasteiger partial charge in [-0.15, -0.1) is 0 Å². The van der Waals surface area contributed by atoms with E-state index in [2.05, 4.69) is 4.98 Å². The molecule has 84 valence electrons. The minimum Gasteiger partial charge on any atom is -0.325 e. The highest BCUT2D eigenvalue weighted by Crippen LogP contribution is 2.08. The van der Waals surface area contributed by atoms with Crippen LogP contribution in [0.25, 0.3) is 0 Å². The number of pyridine rings is 1. The van der Waals surface area contributed by atoms with Crippen molar-refractivity contribution in [3.05, 3.63) is 69.1 Å². The quantitative estimate of drug-likeness (QED) is 0.849. The van der Waals surface area contributed by atoms with Crippen molar-refractivity contribution in [2.45, 2.75) is 13.3 Å². The van der Waals surface area contributed by atoms with Crippen molar-refractivity contribution in [1.82, 2.24) is 4.98 Å². The minimum absolute atomic E-state index is 0.196. The Bertz CT molecular complexity index is 621. The van der Waals surface area contributed by atoms with Gasteiger partial charge in [-0.2, -0.15) is 5.26 Å². The highest BCUT2D eigenvalue weighted by Gasteiger charge is 2.05. The Balaban J connectivity index is 2.37. The summed E-state index contributed by atoms with van der Waals surface area (Å²) in [6.07, 6.45) is 0.669. The third-order valence-electron chi connectivity index (χ3n) is 2.64. The molecule has 0 spiro atoms. The van der Waals surface area contributed by atoms with Gasteiger partial charge in [0.15, 0.2) is 0 Å². The number of nitriles is 1. The molecule has 1 aromatic heterocycles. The number of rotatable bonds is 2. The third kappa shape index (κ3) is 2.43. The summed E-state index contributed by atoms with van der Waals surface area (Å²) >= 11 is 0. The van der Waals surface area contributed by atoms with Gasteiger partial charge in [-0.1, -0.05) is 30.3 Å². The second-order valence-electron chi connectivity index (χ2n) is 3.96. The number of hydrogen-bond acceptors (Lipinski definition) is 2. The molecule has 0 saturated heterocycles. The van der Waals surface area contributed by atoms with E-state index in [-0.39, 0.29) is 11.1 Å². The molecular weight excluding hydrogens is 212 g/mol. The molecule has 0 bridgehead atoms. The number of aromatic nitrogens is 1. The van der Waals surface area contributed by atoms with Crippen LogP contribution in [0.2, 0.25) is 0 Å². The van der Waals surface area contributed by atoms with Crippen LogP contribution in [0.4, 0.5) is 0 Å². The summed E-state index contributed by atoms with van der Waals surface area (Å²) in [6, 6.07) is 13.7. The summed E-state index contributed by atoms with van der Waals surface area (Å²) < 4.78 is 0. The lowest BCUT2D eigenvalue weighted by molar-refractivity contribution is 1.03. The van der Waals surface area contributed by atoms with Crippen molar-refractivity contribution in [1.29, 1.82) is 5.26 Å². The molecule has 17 heavy (non-hydrogen) atoms. The lowest BCUT2D eigenvalue weighted by Crippen LogP contribution is -2.14. The lowest BCUT2D eigenvalue weighted by atomic mass is 10.1. The Morgan fingerprint density at radius 3 is 2.59 bits per heavy atom. The number of aromatic amines is 1. The van der Waals surface area contributed by atoms with Gasteiger partial charge < -0.3 is 4.98 Å². The summed E-state index contributed by atoms with van der Waals surface area (Å²) in [5.41, 5.74) is 2.58. The van der Waals surface area contributed by atoms with Gasteiger partial charge in [0.05, 0.1) is 0 Å². The SMILES string of the molecule is Cc1cc(Cc2ccccc2)[nH]c(=O)c1C#N. The summed E-state index contributed by atoms with van der Waals surface area (Å²) in [5, 5.41) is 8.81. The monoisotopic (exact) mass is 224 g/mol. The average molecular weight is 224 g/mol. The molecule has 0 aliphatic heterocycles. The van der Waals surface area contributed by atoms with Crippen molar-refractivity contribution in [3.63, 3.8) is 0 Å². The van der Waals surface area contributed by atoms with Crippen LogP contribution in [0, 0.1) is 18.3 Å². The minimum atomic E-state index is -0.307. The largest absolute Gasteiger partial charge is 0.325 e. The topological polar surface area (TPSA) is 56.6 Å². The summed E-state index contributed by atoms with van der Waals surface area (Å²) in [6.45, 7) is 1.78. The second kappa shape index (κ2) is 4.67. The predicted molar refractivity (Wildman–Crippen MR) is 65.8 cm³/mol. The van der Waals surface area contributed by atoms with Crippen molar-refractivity contribution < 1.29 is 0 Å². The number of nitrogens with zero attached hydrogens (tertiary/aromatic N) is 1. The molecule has 1 aromatic carbocycles. The van der Waals surface area contributed by atoms with E-state index in [1.807, 2.05) is 42.5 Å². The Kier molecular flexibility index (Phi) is 3.06. The molecule has 0 saturated carbocycles. The molecule has 1 heterocycles. The maximum absolute atomic E-state index is 11.6. The molecule has 0 atom stereocenters. The lowest BCUT2D eigenvalue weighted by Gasteiger charge is -2.04. The summed E-state index contributed by atoms with van der Waals surface area (Å²) in [7, 11) is 0. The van der Waals surface area contributed by atoms with Gasteiger partial charge in [0.1, 0.15) is 11.6 Å². The molecule has 3 heteroatoms. The molecule has 0 radical (unpaired) electrons. The van der Waals surface area contributed by atoms with E-state index >= 15 is 0 Å². The smallest absolute Gasteiger partial charge is 0.266 e. The first kappa shape index (κ1) is 11.2. The van der Waals surface area contributed by atoms with E-state index in [0.717, 1.165) is 16.8 Å². The molecule has 0 amide bonds. The van der Waals surface area contributed by atoms with Gasteiger partial charge in [-0.3, -0.25) is 4.79 Å². The second-order valence-corrected chi connectivity index (χ2v) is 3.96. The van der Waals surface area contributed by atoms with Gasteiger partial charge in [-0.25, -0.2) is 0 Å². The molecule has 1 N–H and O–H groups in total. The molecule has 2 rings (SSSR count). The van der Waals surface area contributed by atoms with Gasteiger partial charge in [0.25, 0.3) is 5.56 Å². The Hall–Kier alpha value is -2.34. The third-order valence-corrected chi connectivity index (χ3v) is 2.64. The number of H-pyrrole nitrogens is 1. The zero-order chi connectivity index (χ0) is 12.3. The maximum Gasteiger partial charge on any atom is 0.266 e. The first-order valence-corrected chi connectivity index (χ1v) is 5.37. The number of hydrogen-bond donors (Lipinski definition) is 1. The van der Waals surface area contributed by atoms with E-state index in [1.165, 1.54) is 0 Å². The highest BCUT2D eigenvalue weighted by molar-refractivity contribution is 5.36. The van der Waals surface area contributed by atoms with Crippen LogP contribution in [-0.2, 0) is 6.42 Å². The fourth-order valence-electron chi connectivity index (χ4n) is 1.81. The molecule has 3 nitrogen and oxygen atoms in total. The van der Waals surface area contributed by atoms with Crippen molar-refractivity contribution in [3.8, 4) is 6.07 Å². The van der Waals surface area contributed by atoms with Gasteiger partial charge in [-0.05, 0) is 24.1 Å². The standard InChI is InChI=1S/C14H12N2O/c1-10-7-12(16-14(17)13(10)9-15)8-11-5-3-2-4-6-11/h2-7H,8H2,1H3,(H,16,17). The molecule has 0 fully saturated rings. The molecular formula is C14H12N2O. The van der Waals surface area contributed by atoms with Crippen LogP contribution in [0.15, 0.2) is 41.2 Å². The van der Waals surface area contributed by atoms with Crippen LogP contribution in [0.1, 0.15) is 22.4 Å². The van der Waals surface area contributed by atoms with Crippen LogP contribution in [0.3, 0.4) is 0 Å². The fraction of sp³-hybridized carbons (Fsp3) is 0.143. The van der Waals surface area contributed by atoms with Crippen molar-refractivity contribution >= 4 is 0 Å². The Morgan fingerprint density at radius 2 is 2.00 bits per heavy atom. The van der Waals surface area contributed by atoms with E-state index in [9.17, 15) is 4.79 Å². The molecule has 2 aromatic rings. The van der Waals surface area contributed by atoms with E-state index < -0.39 is 0 Å². The van der Waals surface area contributed by atoms with Crippen molar-refractivity contribution in [2.75, 3.05) is 0 Å². The Labute approximate surface area is 99.4 Å². The van der Waals surface area contributed by atoms with Crippen LogP contribution < -0.4 is 5.56 Å². The Morgan fingerprint density at radius 1 is 1.29 bits per heavy atom. The first-order chi connectivity index (χ1) is 8.20. The first-order valence-electron chi connectivity index (χ1n) is 5.37. The van der Waals surface area contributed by atoms with Crippen LogP contribution in [0.5, 0.6) is 0 Å². The molecule has 0 aliphatic rings. The van der Waals surface area contributed by atoms with Crippen LogP contribution in [-0.4, -0.2) is 4.98 Å². The average Bonchev–Trinajstić information content (AvgIpc) is 2.30. The van der Waals surface area contributed by atoms with Gasteiger partial charge >= 0.3 is 0 Å². The maximum atomic E-state index is 11.6. The summed E-state index contributed by atoms with van der Waals surface area (Å²) in [5.74, 6) is 0. The van der Waals surface area contributed by atoms with E-state index in [1.54, 1.807) is 6.92 Å². The van der Waals surface area contributed by atoms with E-state index in [0.29, 0.717) is 6.42 Å². The van der Waals surface area contributed by atoms with Gasteiger partial charge in [0, 0.05) is 12.1 Å². The normalized spacial score (nSPS) is 9.88. The number of nitrogens with one attached hydrogen (secondary N) is 1. The highest BCUT2D eigenvalue weighted by atomic mass is 16.1. The van der Waals surface area contributed by atoms with Crippen molar-refractivity contribution in [2.24, 2.45) is 0 Å². The predicted octanol–water partition coefficient (Wildman–Crippen LogP) is 2.15. The number of benzene rings is 1. The van der Waals surface area contributed by atoms with Crippen LogP contribution >= 0.6 is 0 Å². The molecule has 0 aliphatic carbocycles. The number of aryl methyl sites for hydroxylation is 1. The molecule has 0 unspecified atom stereocenters. The zero-order valence-electron chi connectivity index (χ0n) is 9.53. The fourth-order valence-corrected chi connectivity index (χ4v) is 1.81. The summed E-state index contributed by atoms with van der Waals surface area (Å²) in [4.78, 5) is 14.3.